The smallest absolute Gasteiger partial charge is 0.227 e. The van der Waals surface area contributed by atoms with E-state index in [1.807, 2.05) is 18.2 Å². The fraction of sp³-hybridized carbons (Fsp3) is 0.571. The Balaban J connectivity index is 1.23. The third kappa shape index (κ3) is 3.18. The molecule has 4 fully saturated rings. The van der Waals surface area contributed by atoms with Gasteiger partial charge in [0.2, 0.25) is 5.88 Å². The van der Waals surface area contributed by atoms with Gasteiger partial charge in [-0.25, -0.2) is 0 Å². The number of hydrogen-bond acceptors (Lipinski definition) is 5. The van der Waals surface area contributed by atoms with Gasteiger partial charge in [-0.2, -0.15) is 4.98 Å². The summed E-state index contributed by atoms with van der Waals surface area (Å²) in [6.07, 6.45) is 9.01. The van der Waals surface area contributed by atoms with Crippen LogP contribution in [-0.4, -0.2) is 22.2 Å². The Kier molecular flexibility index (Phi) is 4.07. The van der Waals surface area contributed by atoms with E-state index >= 15 is 0 Å². The molecule has 4 nitrogen and oxygen atoms in total. The first-order chi connectivity index (χ1) is 12.7. The average molecular weight is 370 g/mol. The lowest BCUT2D eigenvalue weighted by molar-refractivity contribution is 0.0107. The van der Waals surface area contributed by atoms with Crippen molar-refractivity contribution < 1.29 is 5.11 Å². The highest BCUT2D eigenvalue weighted by Crippen LogP contribution is 2.56. The molecule has 1 aromatic heterocycles. The molecule has 0 unspecified atom stereocenters. The Morgan fingerprint density at radius 1 is 1.04 bits per heavy atom. The van der Waals surface area contributed by atoms with E-state index in [9.17, 15) is 5.11 Å². The molecular weight excluding hydrogens is 342 g/mol. The van der Waals surface area contributed by atoms with Gasteiger partial charge in [-0.15, -0.1) is 0 Å². The molecule has 4 bridgehead atoms. The number of rotatable bonds is 6. The molecular formula is C21H27N3OS. The van der Waals surface area contributed by atoms with Gasteiger partial charge in [0.15, 0.2) is 5.13 Å². The van der Waals surface area contributed by atoms with E-state index in [1.54, 1.807) is 11.3 Å². The van der Waals surface area contributed by atoms with E-state index in [0.29, 0.717) is 0 Å². The molecule has 138 valence electrons. The summed E-state index contributed by atoms with van der Waals surface area (Å²) in [7, 11) is 0. The summed E-state index contributed by atoms with van der Waals surface area (Å²) in [6, 6.07) is 10.2. The third-order valence-electron chi connectivity index (χ3n) is 6.54. The van der Waals surface area contributed by atoms with Crippen LogP contribution in [0.15, 0.2) is 30.3 Å². The highest BCUT2D eigenvalue weighted by Gasteiger charge is 2.51. The molecule has 1 aromatic carbocycles. The van der Waals surface area contributed by atoms with Gasteiger partial charge in [0, 0.05) is 24.2 Å². The summed E-state index contributed by atoms with van der Waals surface area (Å²) in [5.41, 5.74) is 1.36. The Bertz CT molecular complexity index is 738. The maximum Gasteiger partial charge on any atom is 0.227 e. The fourth-order valence-corrected chi connectivity index (χ4v) is 6.90. The van der Waals surface area contributed by atoms with Crippen molar-refractivity contribution >= 4 is 22.2 Å². The van der Waals surface area contributed by atoms with Crippen LogP contribution in [-0.2, 0) is 6.42 Å². The molecule has 3 N–H and O–H groups in total. The zero-order valence-electron chi connectivity index (χ0n) is 15.1. The second-order valence-electron chi connectivity index (χ2n) is 8.63. The lowest BCUT2D eigenvalue weighted by atomic mass is 9.53. The Hall–Kier alpha value is -1.75. The van der Waals surface area contributed by atoms with Gasteiger partial charge in [0.25, 0.3) is 0 Å². The van der Waals surface area contributed by atoms with Gasteiger partial charge in [0.05, 0.1) is 4.88 Å². The van der Waals surface area contributed by atoms with Crippen molar-refractivity contribution in [2.24, 2.45) is 17.8 Å². The Morgan fingerprint density at radius 3 is 2.35 bits per heavy atom. The summed E-state index contributed by atoms with van der Waals surface area (Å²) in [5.74, 6) is 2.95. The predicted octanol–water partition coefficient (Wildman–Crippen LogP) is 4.88. The third-order valence-corrected chi connectivity index (χ3v) is 7.56. The number of hydrogen-bond donors (Lipinski definition) is 3. The largest absolute Gasteiger partial charge is 0.492 e. The van der Waals surface area contributed by atoms with E-state index in [0.717, 1.165) is 46.4 Å². The molecule has 5 heteroatoms. The highest BCUT2D eigenvalue weighted by atomic mass is 32.1. The first-order valence-electron chi connectivity index (χ1n) is 9.93. The van der Waals surface area contributed by atoms with Crippen molar-refractivity contribution in [3.05, 3.63) is 35.2 Å². The second kappa shape index (κ2) is 6.45. The molecule has 4 aliphatic rings. The van der Waals surface area contributed by atoms with Gasteiger partial charge < -0.3 is 15.7 Å². The van der Waals surface area contributed by atoms with Gasteiger partial charge in [-0.1, -0.05) is 29.5 Å². The zero-order chi connectivity index (χ0) is 17.6. The van der Waals surface area contributed by atoms with Crippen LogP contribution < -0.4 is 10.6 Å². The topological polar surface area (TPSA) is 57.2 Å². The summed E-state index contributed by atoms with van der Waals surface area (Å²) in [5, 5.41) is 18.4. The Morgan fingerprint density at radius 2 is 1.69 bits per heavy atom. The number of nitrogens with one attached hydrogen (secondary N) is 2. The van der Waals surface area contributed by atoms with Gasteiger partial charge >= 0.3 is 0 Å². The van der Waals surface area contributed by atoms with E-state index in [4.69, 9.17) is 0 Å². The van der Waals surface area contributed by atoms with E-state index < -0.39 is 0 Å². The van der Waals surface area contributed by atoms with Crippen LogP contribution in [0.4, 0.5) is 10.8 Å². The molecule has 4 saturated carbocycles. The molecule has 2 aromatic rings. The monoisotopic (exact) mass is 369 g/mol. The van der Waals surface area contributed by atoms with Crippen LogP contribution >= 0.6 is 11.3 Å². The Labute approximate surface area is 159 Å². The van der Waals surface area contributed by atoms with Crippen molar-refractivity contribution in [3.63, 3.8) is 0 Å². The first kappa shape index (κ1) is 16.4. The zero-order valence-corrected chi connectivity index (χ0v) is 15.9. The quantitative estimate of drug-likeness (QED) is 0.679. The van der Waals surface area contributed by atoms with Crippen molar-refractivity contribution in [3.8, 4) is 5.88 Å². The molecule has 0 spiro atoms. The highest BCUT2D eigenvalue weighted by molar-refractivity contribution is 7.15. The number of para-hydroxylation sites is 1. The van der Waals surface area contributed by atoms with E-state index in [1.165, 1.54) is 38.5 Å². The van der Waals surface area contributed by atoms with Crippen LogP contribution in [0.1, 0.15) is 43.4 Å². The second-order valence-corrected chi connectivity index (χ2v) is 9.72. The van der Waals surface area contributed by atoms with Crippen molar-refractivity contribution in [1.29, 1.82) is 0 Å². The van der Waals surface area contributed by atoms with Crippen LogP contribution in [0, 0.1) is 17.8 Å². The van der Waals surface area contributed by atoms with E-state index in [-0.39, 0.29) is 11.4 Å². The lowest BCUT2D eigenvalue weighted by Gasteiger charge is -2.56. The number of anilines is 2. The van der Waals surface area contributed by atoms with E-state index in [2.05, 4.69) is 27.8 Å². The molecule has 26 heavy (non-hydrogen) atoms. The summed E-state index contributed by atoms with van der Waals surface area (Å²) < 4.78 is 0. The SMILES string of the molecule is Oc1nc(NC23CC4CC(CC(C4)C2)C3)sc1CCNc1ccccc1. The van der Waals surface area contributed by atoms with Crippen molar-refractivity contribution in [2.75, 3.05) is 17.2 Å². The minimum Gasteiger partial charge on any atom is -0.492 e. The number of nitrogens with zero attached hydrogens (tertiary/aromatic N) is 1. The lowest BCUT2D eigenvalue weighted by Crippen LogP contribution is -2.54. The molecule has 0 saturated heterocycles. The number of aromatic nitrogens is 1. The molecule has 1 heterocycles. The molecule has 6 rings (SSSR count). The maximum absolute atomic E-state index is 10.3. The van der Waals surface area contributed by atoms with Gasteiger partial charge in [0.1, 0.15) is 0 Å². The minimum atomic E-state index is 0.206. The maximum atomic E-state index is 10.3. The predicted molar refractivity (Wildman–Crippen MR) is 107 cm³/mol. The number of benzene rings is 1. The molecule has 0 amide bonds. The minimum absolute atomic E-state index is 0.206. The van der Waals surface area contributed by atoms with Crippen LogP contribution in [0.3, 0.4) is 0 Å². The van der Waals surface area contributed by atoms with Gasteiger partial charge in [-0.3, -0.25) is 0 Å². The first-order valence-corrected chi connectivity index (χ1v) is 10.7. The summed E-state index contributed by atoms with van der Waals surface area (Å²) in [6.45, 7) is 0.802. The molecule has 0 atom stereocenters. The summed E-state index contributed by atoms with van der Waals surface area (Å²) >= 11 is 1.63. The average Bonchev–Trinajstić information content (AvgIpc) is 2.93. The van der Waals surface area contributed by atoms with Crippen LogP contribution in [0.2, 0.25) is 0 Å². The molecule has 0 aliphatic heterocycles. The number of thiazole rings is 1. The van der Waals surface area contributed by atoms with Crippen molar-refractivity contribution in [1.82, 2.24) is 4.98 Å². The normalized spacial score (nSPS) is 31.9. The standard InChI is InChI=1S/C21H27N3OS/c25-19-18(6-7-22-17-4-2-1-3-5-17)26-20(23-19)24-21-11-14-8-15(12-21)10-16(9-14)13-21/h1-5,14-16,22,25H,6-13H2,(H,23,24). The summed E-state index contributed by atoms with van der Waals surface area (Å²) in [4.78, 5) is 5.42. The van der Waals surface area contributed by atoms with Crippen LogP contribution in [0.5, 0.6) is 5.88 Å². The molecule has 4 aliphatic carbocycles. The molecule has 0 radical (unpaired) electrons. The van der Waals surface area contributed by atoms with Crippen molar-refractivity contribution in [2.45, 2.75) is 50.5 Å². The number of aromatic hydroxyl groups is 1. The van der Waals surface area contributed by atoms with Crippen LogP contribution in [0.25, 0.3) is 0 Å². The fourth-order valence-electron chi connectivity index (χ4n) is 5.93. The van der Waals surface area contributed by atoms with Gasteiger partial charge in [-0.05, 0) is 68.4 Å².